The number of nitrogens with zero attached hydrogens (tertiary/aromatic N) is 1. The number of imide groups is 1. The van der Waals surface area contributed by atoms with E-state index in [0.29, 0.717) is 12.8 Å². The van der Waals surface area contributed by atoms with Crippen LogP contribution in [0.2, 0.25) is 0 Å². The Labute approximate surface area is 202 Å². The van der Waals surface area contributed by atoms with E-state index in [2.05, 4.69) is 0 Å². The van der Waals surface area contributed by atoms with E-state index in [1.54, 1.807) is 0 Å². The first-order valence-corrected chi connectivity index (χ1v) is 12.2. The van der Waals surface area contributed by atoms with E-state index in [9.17, 15) is 14.7 Å². The molecule has 2 unspecified atom stereocenters. The van der Waals surface area contributed by atoms with Crippen LogP contribution in [0.3, 0.4) is 0 Å². The minimum Gasteiger partial charge on any atom is -0.399 e. The van der Waals surface area contributed by atoms with Gasteiger partial charge in [-0.25, -0.2) is 0 Å². The first-order chi connectivity index (χ1) is 15.8. The lowest BCUT2D eigenvalue weighted by molar-refractivity contribution is -0.187. The molecule has 5 rings (SSSR count). The van der Waals surface area contributed by atoms with Gasteiger partial charge in [-0.15, -0.1) is 0 Å². The molecular formula is C27H34BNO5. The molecule has 2 saturated heterocycles. The molecule has 4 aliphatic rings. The van der Waals surface area contributed by atoms with Gasteiger partial charge in [0, 0.05) is 12.8 Å². The maximum absolute atomic E-state index is 13.5. The number of carbonyl (C=O) groups is 2. The van der Waals surface area contributed by atoms with Crippen LogP contribution in [0.4, 0.5) is 0 Å². The van der Waals surface area contributed by atoms with E-state index in [-0.39, 0.29) is 17.7 Å². The largest absolute Gasteiger partial charge is 0.494 e. The number of fused-ring (bicyclic) bond motifs is 1. The highest BCUT2D eigenvalue weighted by Gasteiger charge is 2.65. The molecule has 1 saturated carbocycles. The third-order valence-corrected chi connectivity index (χ3v) is 8.82. The maximum atomic E-state index is 13.5. The van der Waals surface area contributed by atoms with Crippen LogP contribution < -0.4 is 5.46 Å². The van der Waals surface area contributed by atoms with Crippen LogP contribution in [-0.4, -0.2) is 45.7 Å². The number of amides is 2. The van der Waals surface area contributed by atoms with Crippen LogP contribution >= 0.6 is 0 Å². The van der Waals surface area contributed by atoms with Gasteiger partial charge < -0.3 is 14.4 Å². The summed E-state index contributed by atoms with van der Waals surface area (Å²) in [5, 5.41) is 11.2. The zero-order valence-corrected chi connectivity index (χ0v) is 20.9. The van der Waals surface area contributed by atoms with Crippen molar-refractivity contribution in [2.75, 3.05) is 0 Å². The van der Waals surface area contributed by atoms with E-state index in [0.717, 1.165) is 11.0 Å². The predicted octanol–water partition coefficient (Wildman–Crippen LogP) is 3.09. The molecule has 1 N–H and O–H groups in total. The number of hydrogen-bond acceptors (Lipinski definition) is 5. The molecule has 2 aliphatic heterocycles. The van der Waals surface area contributed by atoms with Crippen molar-refractivity contribution < 1.29 is 24.0 Å². The van der Waals surface area contributed by atoms with E-state index in [1.807, 2.05) is 90.1 Å². The number of likely N-dealkylation sites (tertiary alicyclic amines) is 1. The predicted molar refractivity (Wildman–Crippen MR) is 130 cm³/mol. The molecule has 0 radical (unpaired) electrons. The van der Waals surface area contributed by atoms with Gasteiger partial charge in [-0.1, -0.05) is 62.4 Å². The smallest absolute Gasteiger partial charge is 0.399 e. The maximum Gasteiger partial charge on any atom is 0.494 e. The van der Waals surface area contributed by atoms with Crippen LogP contribution in [0.25, 0.3) is 0 Å². The fourth-order valence-corrected chi connectivity index (χ4v) is 5.70. The second kappa shape index (κ2) is 7.39. The van der Waals surface area contributed by atoms with Crippen LogP contribution in [0.5, 0.6) is 0 Å². The van der Waals surface area contributed by atoms with E-state index < -0.39 is 41.3 Å². The van der Waals surface area contributed by atoms with Crippen LogP contribution in [0, 0.1) is 17.8 Å². The minimum absolute atomic E-state index is 0.0135. The van der Waals surface area contributed by atoms with E-state index in [1.165, 1.54) is 4.90 Å². The van der Waals surface area contributed by atoms with E-state index >= 15 is 0 Å². The lowest BCUT2D eigenvalue weighted by Crippen LogP contribution is -2.66. The van der Waals surface area contributed by atoms with Crippen molar-refractivity contribution in [2.45, 2.75) is 76.7 Å². The molecule has 7 heteroatoms. The highest BCUT2D eigenvalue weighted by molar-refractivity contribution is 6.62. The van der Waals surface area contributed by atoms with Crippen molar-refractivity contribution in [1.29, 1.82) is 0 Å². The molecule has 34 heavy (non-hydrogen) atoms. The second-order valence-corrected chi connectivity index (χ2v) is 11.7. The quantitative estimate of drug-likeness (QED) is 0.549. The van der Waals surface area contributed by atoms with Gasteiger partial charge >= 0.3 is 7.12 Å². The summed E-state index contributed by atoms with van der Waals surface area (Å²) < 4.78 is 12.4. The molecule has 180 valence electrons. The SMILES string of the molecule is CC(C)C1(O)CC(c2ccc(B3OC(C)(C)C(C)(C)O3)cc2)(N2C(=O)C3C=CC=CC3C2=O)C1. The molecule has 1 aromatic carbocycles. The molecular weight excluding hydrogens is 429 g/mol. The second-order valence-electron chi connectivity index (χ2n) is 11.7. The zero-order chi connectivity index (χ0) is 24.7. The molecule has 0 bridgehead atoms. The first-order valence-electron chi connectivity index (χ1n) is 12.2. The van der Waals surface area contributed by atoms with Crippen molar-refractivity contribution in [3.8, 4) is 0 Å². The van der Waals surface area contributed by atoms with Crippen LogP contribution in [-0.2, 0) is 24.4 Å². The van der Waals surface area contributed by atoms with Crippen molar-refractivity contribution in [3.05, 3.63) is 54.1 Å². The Morgan fingerprint density at radius 3 is 1.82 bits per heavy atom. The number of benzene rings is 1. The summed E-state index contributed by atoms with van der Waals surface area (Å²) in [6.07, 6.45) is 7.94. The first kappa shape index (κ1) is 23.5. The van der Waals surface area contributed by atoms with Crippen LogP contribution in [0.1, 0.15) is 59.9 Å². The van der Waals surface area contributed by atoms with Gasteiger partial charge in [-0.3, -0.25) is 14.5 Å². The molecule has 3 fully saturated rings. The lowest BCUT2D eigenvalue weighted by Gasteiger charge is -2.58. The third kappa shape index (κ3) is 3.20. The van der Waals surface area contributed by atoms with Gasteiger partial charge in [0.2, 0.25) is 11.8 Å². The number of aliphatic hydroxyl groups is 1. The lowest BCUT2D eigenvalue weighted by atomic mass is 9.57. The van der Waals surface area contributed by atoms with Gasteiger partial charge in [-0.2, -0.15) is 0 Å². The molecule has 0 aromatic heterocycles. The molecule has 2 aliphatic carbocycles. The standard InChI is InChI=1S/C27H34BNO5/c1-17(2)27(32)15-26(16-27,29-22(30)20-9-7-8-10-21(20)23(29)31)18-11-13-19(14-12-18)28-33-24(3,4)25(5,6)34-28/h7-14,17,20-21,32H,15-16H2,1-6H3. The number of allylic oxidation sites excluding steroid dienone is 2. The summed E-state index contributed by atoms with van der Waals surface area (Å²) in [5.74, 6) is -1.29. The van der Waals surface area contributed by atoms with Gasteiger partial charge in [0.25, 0.3) is 0 Å². The topological polar surface area (TPSA) is 76.1 Å². The average molecular weight is 463 g/mol. The van der Waals surface area contributed by atoms with Crippen molar-refractivity contribution >= 4 is 24.4 Å². The number of hydrogen-bond donors (Lipinski definition) is 1. The average Bonchev–Trinajstić information content (AvgIpc) is 3.14. The van der Waals surface area contributed by atoms with Crippen molar-refractivity contribution in [3.63, 3.8) is 0 Å². The Morgan fingerprint density at radius 1 is 0.912 bits per heavy atom. The number of carbonyl (C=O) groups excluding carboxylic acids is 2. The van der Waals surface area contributed by atoms with Crippen LogP contribution in [0.15, 0.2) is 48.6 Å². The Balaban J connectivity index is 1.50. The van der Waals surface area contributed by atoms with Gasteiger partial charge in [0.1, 0.15) is 0 Å². The summed E-state index contributed by atoms with van der Waals surface area (Å²) in [6, 6.07) is 7.80. The van der Waals surface area contributed by atoms with Gasteiger partial charge in [-0.05, 0) is 44.6 Å². The third-order valence-electron chi connectivity index (χ3n) is 8.82. The molecule has 6 nitrogen and oxygen atoms in total. The molecule has 1 aromatic rings. The molecule has 2 atom stereocenters. The fourth-order valence-electron chi connectivity index (χ4n) is 5.70. The van der Waals surface area contributed by atoms with Crippen molar-refractivity contribution in [1.82, 2.24) is 4.90 Å². The molecule has 0 spiro atoms. The minimum atomic E-state index is -0.926. The summed E-state index contributed by atoms with van der Waals surface area (Å²) >= 11 is 0. The Morgan fingerprint density at radius 2 is 1.38 bits per heavy atom. The Kier molecular flexibility index (Phi) is 5.11. The van der Waals surface area contributed by atoms with Gasteiger partial charge in [0.15, 0.2) is 0 Å². The Hall–Kier alpha value is -2.22. The van der Waals surface area contributed by atoms with E-state index in [4.69, 9.17) is 9.31 Å². The summed E-state index contributed by atoms with van der Waals surface area (Å²) in [5.41, 5.74) is -0.929. The highest BCUT2D eigenvalue weighted by atomic mass is 16.7. The summed E-state index contributed by atoms with van der Waals surface area (Å²) in [7, 11) is -0.489. The number of rotatable bonds is 4. The zero-order valence-electron chi connectivity index (χ0n) is 20.9. The summed E-state index contributed by atoms with van der Waals surface area (Å²) in [4.78, 5) is 28.4. The Bertz CT molecular complexity index is 1030. The highest BCUT2D eigenvalue weighted by Crippen LogP contribution is 2.57. The molecule has 2 heterocycles. The van der Waals surface area contributed by atoms with Gasteiger partial charge in [0.05, 0.1) is 34.2 Å². The molecule has 2 amide bonds. The van der Waals surface area contributed by atoms with Crippen molar-refractivity contribution in [2.24, 2.45) is 17.8 Å². The monoisotopic (exact) mass is 463 g/mol. The summed E-state index contributed by atoms with van der Waals surface area (Å²) in [6.45, 7) is 12.0. The fraction of sp³-hybridized carbons (Fsp3) is 0.556. The normalized spacial score (nSPS) is 35.8.